The van der Waals surface area contributed by atoms with E-state index in [9.17, 15) is 24.8 Å². The number of hydrogen-bond acceptors (Lipinski definition) is 6. The summed E-state index contributed by atoms with van der Waals surface area (Å²) >= 11 is 1.15. The van der Waals surface area contributed by atoms with Gasteiger partial charge < -0.3 is 20.1 Å². The molecule has 9 nitrogen and oxygen atoms in total. The van der Waals surface area contributed by atoms with E-state index in [1.165, 1.54) is 6.07 Å². The van der Waals surface area contributed by atoms with Gasteiger partial charge in [-0.15, -0.1) is 0 Å². The number of carbonyl (C=O) groups is 2. The summed E-state index contributed by atoms with van der Waals surface area (Å²) in [5.41, 5.74) is 5.60. The van der Waals surface area contributed by atoms with E-state index in [1.54, 1.807) is 18.2 Å². The normalized spacial score (nSPS) is 12.9. The number of aromatic amines is 1. The number of nitro groups is 1. The van der Waals surface area contributed by atoms with Crippen molar-refractivity contribution in [2.45, 2.75) is 28.3 Å². The summed E-state index contributed by atoms with van der Waals surface area (Å²) < 4.78 is 5.59. The van der Waals surface area contributed by atoms with Crippen LogP contribution in [0.2, 0.25) is 0 Å². The van der Waals surface area contributed by atoms with Gasteiger partial charge in [0.1, 0.15) is 12.6 Å². The predicted octanol–water partition coefficient (Wildman–Crippen LogP) is 6.76. The van der Waals surface area contributed by atoms with E-state index in [0.717, 1.165) is 44.9 Å². The maximum atomic E-state index is 12.9. The highest BCUT2D eigenvalue weighted by molar-refractivity contribution is 7.99. The smallest absolute Gasteiger partial charge is 0.407 e. The number of amides is 1. The van der Waals surface area contributed by atoms with Crippen LogP contribution >= 0.6 is 11.8 Å². The number of carbonyl (C=O) groups excluding carboxylic acids is 1. The molecule has 1 heterocycles. The Morgan fingerprint density at radius 3 is 2.24 bits per heavy atom. The highest BCUT2D eigenvalue weighted by Gasteiger charge is 2.30. The lowest BCUT2D eigenvalue weighted by molar-refractivity contribution is -0.387. The second-order valence-electron chi connectivity index (χ2n) is 9.87. The summed E-state index contributed by atoms with van der Waals surface area (Å²) in [6, 6.07) is 28.3. The molecule has 1 amide bonds. The molecule has 1 aliphatic rings. The first-order valence-corrected chi connectivity index (χ1v) is 14.1. The third-order valence-electron chi connectivity index (χ3n) is 7.39. The van der Waals surface area contributed by atoms with Crippen molar-refractivity contribution >= 4 is 40.4 Å². The molecule has 0 unspecified atom stereocenters. The van der Waals surface area contributed by atoms with E-state index < -0.39 is 23.0 Å². The molecule has 10 heteroatoms. The van der Waals surface area contributed by atoms with Gasteiger partial charge in [0.15, 0.2) is 0 Å². The van der Waals surface area contributed by atoms with Crippen molar-refractivity contribution < 1.29 is 24.4 Å². The monoisotopic (exact) mass is 579 g/mol. The summed E-state index contributed by atoms with van der Waals surface area (Å²) in [4.78, 5) is 40.1. The van der Waals surface area contributed by atoms with Gasteiger partial charge in [0, 0.05) is 29.3 Å². The van der Waals surface area contributed by atoms with E-state index in [2.05, 4.69) is 10.3 Å². The lowest BCUT2D eigenvalue weighted by Crippen LogP contribution is -2.43. The van der Waals surface area contributed by atoms with Gasteiger partial charge in [-0.2, -0.15) is 0 Å². The number of alkyl carbamates (subject to hydrolysis) is 1. The minimum absolute atomic E-state index is 0.0536. The summed E-state index contributed by atoms with van der Waals surface area (Å²) in [5, 5.41) is 25.5. The van der Waals surface area contributed by atoms with Gasteiger partial charge in [0.25, 0.3) is 5.69 Å². The van der Waals surface area contributed by atoms with Crippen LogP contribution in [0.5, 0.6) is 0 Å². The van der Waals surface area contributed by atoms with E-state index in [-0.39, 0.29) is 24.6 Å². The molecule has 5 aromatic rings. The summed E-state index contributed by atoms with van der Waals surface area (Å²) in [6.07, 6.45) is -0.899. The van der Waals surface area contributed by atoms with Gasteiger partial charge in [0.2, 0.25) is 0 Å². The number of fused-ring (bicyclic) bond motifs is 4. The Labute approximate surface area is 244 Å². The van der Waals surface area contributed by atoms with Crippen LogP contribution in [-0.4, -0.2) is 39.7 Å². The Bertz CT molecular complexity index is 1790. The molecule has 0 spiro atoms. The molecule has 1 atom stereocenters. The molecule has 0 fully saturated rings. The number of carboxylic acid groups (broad SMARTS) is 1. The van der Waals surface area contributed by atoms with Crippen molar-refractivity contribution in [2.75, 3.05) is 6.61 Å². The molecule has 3 N–H and O–H groups in total. The molecular formula is C32H25N3O6S. The first-order valence-electron chi connectivity index (χ1n) is 13.3. The van der Waals surface area contributed by atoms with Gasteiger partial charge in [-0.05, 0) is 39.9 Å². The fraction of sp³-hybridized carbons (Fsp3) is 0.125. The number of carboxylic acids is 1. The maximum Gasteiger partial charge on any atom is 0.407 e. The number of ether oxygens (including phenoxy) is 1. The summed E-state index contributed by atoms with van der Waals surface area (Å²) in [6.45, 7) is 0.0536. The average Bonchev–Trinajstić information content (AvgIpc) is 3.50. The number of nitrogens with zero attached hydrogens (tertiary/aromatic N) is 1. The van der Waals surface area contributed by atoms with Crippen molar-refractivity contribution in [1.29, 1.82) is 0 Å². The lowest BCUT2D eigenvalue weighted by atomic mass is 9.98. The summed E-state index contributed by atoms with van der Waals surface area (Å²) in [7, 11) is 0. The Hall–Kier alpha value is -5.09. The first-order chi connectivity index (χ1) is 20.4. The number of nitro benzene ring substituents is 1. The topological polar surface area (TPSA) is 135 Å². The quantitative estimate of drug-likeness (QED) is 0.130. The van der Waals surface area contributed by atoms with Crippen LogP contribution in [0.4, 0.5) is 10.5 Å². The molecule has 6 rings (SSSR count). The number of aliphatic carboxylic acids is 1. The largest absolute Gasteiger partial charge is 0.480 e. The fourth-order valence-corrected chi connectivity index (χ4v) is 6.55. The van der Waals surface area contributed by atoms with E-state index in [1.807, 2.05) is 72.8 Å². The average molecular weight is 580 g/mol. The predicted molar refractivity (Wildman–Crippen MR) is 159 cm³/mol. The van der Waals surface area contributed by atoms with Crippen LogP contribution in [0.15, 0.2) is 107 Å². The molecule has 1 aliphatic carbocycles. The van der Waals surface area contributed by atoms with Gasteiger partial charge in [-0.1, -0.05) is 90.6 Å². The Balaban J connectivity index is 1.22. The Morgan fingerprint density at radius 2 is 1.55 bits per heavy atom. The molecule has 1 aromatic heterocycles. The van der Waals surface area contributed by atoms with Crippen LogP contribution in [0.25, 0.3) is 22.0 Å². The minimum atomic E-state index is -1.30. The number of hydrogen-bond donors (Lipinski definition) is 3. The van der Waals surface area contributed by atoms with Crippen LogP contribution in [0.3, 0.4) is 0 Å². The zero-order valence-electron chi connectivity index (χ0n) is 22.2. The molecule has 210 valence electrons. The van der Waals surface area contributed by atoms with Gasteiger partial charge in [-0.3, -0.25) is 10.1 Å². The molecule has 42 heavy (non-hydrogen) atoms. The highest BCUT2D eigenvalue weighted by Crippen LogP contribution is 2.44. The zero-order chi connectivity index (χ0) is 29.2. The van der Waals surface area contributed by atoms with Gasteiger partial charge >= 0.3 is 12.1 Å². The first kappa shape index (κ1) is 27.1. The van der Waals surface area contributed by atoms with Crippen molar-refractivity contribution in [2.24, 2.45) is 0 Å². The number of aromatic nitrogens is 1. The Morgan fingerprint density at radius 1 is 0.929 bits per heavy atom. The number of benzene rings is 4. The molecule has 0 aliphatic heterocycles. The highest BCUT2D eigenvalue weighted by atomic mass is 32.2. The Kier molecular flexibility index (Phi) is 7.37. The number of H-pyrrole nitrogens is 1. The van der Waals surface area contributed by atoms with Crippen molar-refractivity contribution in [3.05, 3.63) is 124 Å². The van der Waals surface area contributed by atoms with Crippen LogP contribution in [0.1, 0.15) is 22.6 Å². The van der Waals surface area contributed by atoms with Crippen LogP contribution in [0, 0.1) is 10.1 Å². The third-order valence-corrected chi connectivity index (χ3v) is 8.51. The zero-order valence-corrected chi connectivity index (χ0v) is 23.0. The molecule has 0 saturated heterocycles. The summed E-state index contributed by atoms with van der Waals surface area (Å²) in [5.74, 6) is -1.39. The van der Waals surface area contributed by atoms with E-state index in [0.29, 0.717) is 15.5 Å². The van der Waals surface area contributed by atoms with E-state index >= 15 is 0 Å². The maximum absolute atomic E-state index is 12.9. The molecule has 0 radical (unpaired) electrons. The van der Waals surface area contributed by atoms with Crippen LogP contribution in [-0.2, 0) is 16.0 Å². The van der Waals surface area contributed by atoms with Gasteiger partial charge in [0.05, 0.1) is 14.8 Å². The molecule has 0 bridgehead atoms. The second-order valence-corrected chi connectivity index (χ2v) is 10.9. The standard InChI is InChI=1S/C32H25N3O6S/c36-31(37)27(34-32(38)41-18-25-21-11-3-1-9-19(21)20-10-2-4-12-22(20)25)17-24-23-13-5-6-14-26(23)33-30(24)42-29-16-8-7-15-28(29)35(39)40/h1-16,25,27,33H,17-18H2,(H,34,38)(H,36,37)/t27-/m0/s1. The fourth-order valence-electron chi connectivity index (χ4n) is 5.46. The number of nitrogens with one attached hydrogen (secondary N) is 2. The van der Waals surface area contributed by atoms with Gasteiger partial charge in [-0.25, -0.2) is 9.59 Å². The van der Waals surface area contributed by atoms with Crippen LogP contribution < -0.4 is 5.32 Å². The third kappa shape index (κ3) is 5.19. The SMILES string of the molecule is O=C(N[C@@H](Cc1c(Sc2ccccc2[N+](=O)[O-])[nH]c2ccccc12)C(=O)O)OCC1c2ccccc2-c2ccccc21. The minimum Gasteiger partial charge on any atom is -0.480 e. The lowest BCUT2D eigenvalue weighted by Gasteiger charge is -2.18. The number of para-hydroxylation sites is 2. The molecule has 4 aromatic carbocycles. The second kappa shape index (κ2) is 11.4. The van der Waals surface area contributed by atoms with E-state index in [4.69, 9.17) is 4.74 Å². The van der Waals surface area contributed by atoms with Crippen molar-refractivity contribution in [3.8, 4) is 11.1 Å². The number of rotatable bonds is 9. The molecular weight excluding hydrogens is 554 g/mol. The van der Waals surface area contributed by atoms with Crippen molar-refractivity contribution in [3.63, 3.8) is 0 Å². The molecule has 0 saturated carbocycles. The van der Waals surface area contributed by atoms with Crippen molar-refractivity contribution in [1.82, 2.24) is 10.3 Å².